The molecule has 0 saturated carbocycles. The summed E-state index contributed by atoms with van der Waals surface area (Å²) in [7, 11) is 0. The van der Waals surface area contributed by atoms with E-state index < -0.39 is 12.1 Å². The number of hydrogen-bond acceptors (Lipinski definition) is 5. The highest BCUT2D eigenvalue weighted by molar-refractivity contribution is 5.76. The van der Waals surface area contributed by atoms with Crippen LogP contribution < -0.4 is 5.32 Å². The average molecular weight is 1310 g/mol. The van der Waals surface area contributed by atoms with E-state index in [1.165, 1.54) is 392 Å². The molecule has 2 unspecified atom stereocenters. The zero-order valence-corrected chi connectivity index (χ0v) is 63.0. The number of nitrogens with one attached hydrogen (secondary N) is 1. The molecule has 0 saturated heterocycles. The van der Waals surface area contributed by atoms with E-state index in [-0.39, 0.29) is 18.5 Å². The number of amides is 1. The molecule has 1 amide bonds. The maximum Gasteiger partial charge on any atom is 0.305 e. The Hall–Kier alpha value is -2.18. The Morgan fingerprint density at radius 3 is 0.828 bits per heavy atom. The lowest BCUT2D eigenvalue weighted by Gasteiger charge is -2.20. The van der Waals surface area contributed by atoms with Crippen LogP contribution in [0.4, 0.5) is 0 Å². The van der Waals surface area contributed by atoms with Gasteiger partial charge < -0.3 is 20.3 Å². The molecule has 0 rings (SSSR count). The van der Waals surface area contributed by atoms with Gasteiger partial charge in [-0.1, -0.05) is 416 Å². The first-order valence-corrected chi connectivity index (χ1v) is 42.4. The van der Waals surface area contributed by atoms with Crippen molar-refractivity contribution in [2.24, 2.45) is 0 Å². The molecular formula is C87H165NO5. The highest BCUT2D eigenvalue weighted by atomic mass is 16.5. The lowest BCUT2D eigenvalue weighted by atomic mass is 10.0. The van der Waals surface area contributed by atoms with Crippen LogP contribution in [0.15, 0.2) is 48.6 Å². The van der Waals surface area contributed by atoms with Gasteiger partial charge in [-0.15, -0.1) is 0 Å². The first kappa shape index (κ1) is 90.8. The van der Waals surface area contributed by atoms with Crippen LogP contribution in [0.3, 0.4) is 0 Å². The van der Waals surface area contributed by atoms with Crippen LogP contribution in [-0.2, 0) is 14.3 Å². The van der Waals surface area contributed by atoms with Crippen LogP contribution in [0, 0.1) is 0 Å². The molecule has 0 bridgehead atoms. The second-order valence-corrected chi connectivity index (χ2v) is 29.2. The van der Waals surface area contributed by atoms with Gasteiger partial charge in [-0.25, -0.2) is 0 Å². The van der Waals surface area contributed by atoms with Crippen molar-refractivity contribution < 1.29 is 24.5 Å². The Balaban J connectivity index is 3.38. The molecule has 548 valence electrons. The number of carbonyl (C=O) groups is 2. The number of hydrogen-bond donors (Lipinski definition) is 3. The van der Waals surface area contributed by atoms with Gasteiger partial charge >= 0.3 is 5.97 Å². The minimum absolute atomic E-state index is 0.0159. The van der Waals surface area contributed by atoms with Gasteiger partial charge in [0.25, 0.3) is 0 Å². The van der Waals surface area contributed by atoms with Crippen molar-refractivity contribution in [3.63, 3.8) is 0 Å². The number of unbranched alkanes of at least 4 members (excludes halogenated alkanes) is 63. The predicted octanol–water partition coefficient (Wildman–Crippen LogP) is 28.3. The normalized spacial score (nSPS) is 12.7. The summed E-state index contributed by atoms with van der Waals surface area (Å²) in [6, 6.07) is -0.628. The summed E-state index contributed by atoms with van der Waals surface area (Å²) < 4.78 is 5.51. The first-order valence-electron chi connectivity index (χ1n) is 42.4. The van der Waals surface area contributed by atoms with Gasteiger partial charge in [0.2, 0.25) is 5.91 Å². The second kappa shape index (κ2) is 82.2. The molecule has 0 aromatic carbocycles. The highest BCUT2D eigenvalue weighted by Gasteiger charge is 2.18. The lowest BCUT2D eigenvalue weighted by molar-refractivity contribution is -0.143. The average Bonchev–Trinajstić information content (AvgIpc) is 3.78. The maximum absolute atomic E-state index is 12.6. The number of ether oxygens (including phenoxy) is 1. The van der Waals surface area contributed by atoms with Crippen LogP contribution in [-0.4, -0.2) is 47.4 Å². The van der Waals surface area contributed by atoms with Crippen molar-refractivity contribution in [1.29, 1.82) is 0 Å². The fraction of sp³-hybridized carbons (Fsp3) is 0.885. The number of aliphatic hydroxyl groups is 2. The van der Waals surface area contributed by atoms with Crippen molar-refractivity contribution in [3.05, 3.63) is 48.6 Å². The van der Waals surface area contributed by atoms with Crippen LogP contribution in [0.25, 0.3) is 0 Å². The molecule has 3 N–H and O–H groups in total. The molecule has 0 aliphatic carbocycles. The topological polar surface area (TPSA) is 95.9 Å². The van der Waals surface area contributed by atoms with Gasteiger partial charge in [0, 0.05) is 12.8 Å². The Kier molecular flexibility index (Phi) is 80.3. The minimum atomic E-state index is -0.844. The van der Waals surface area contributed by atoms with Gasteiger partial charge in [-0.3, -0.25) is 9.59 Å². The SMILES string of the molecule is CCCCCCCC/C=C\CCCCCCCCCC(=O)OCCCCCCCCCCCCCCC/C=C\C/C=C\CCCCCCCCCCCCCCCCCCCC(=O)NC(CO)C(O)/C=C/CCCCCCCCCCCCCCCCCCCCCC. The second-order valence-electron chi connectivity index (χ2n) is 29.2. The van der Waals surface area contributed by atoms with Gasteiger partial charge in [0.1, 0.15) is 0 Å². The summed E-state index contributed by atoms with van der Waals surface area (Å²) in [5.41, 5.74) is 0. The third-order valence-corrected chi connectivity index (χ3v) is 19.8. The molecule has 0 aliphatic heterocycles. The summed E-state index contributed by atoms with van der Waals surface area (Å²) in [6.07, 6.45) is 110. The Bertz CT molecular complexity index is 1550. The molecule has 2 atom stereocenters. The minimum Gasteiger partial charge on any atom is -0.466 e. The third-order valence-electron chi connectivity index (χ3n) is 19.8. The van der Waals surface area contributed by atoms with Crippen LogP contribution in [0.1, 0.15) is 470 Å². The van der Waals surface area contributed by atoms with Gasteiger partial charge in [-0.2, -0.15) is 0 Å². The summed E-state index contributed by atoms with van der Waals surface area (Å²) in [5, 5.41) is 23.3. The lowest BCUT2D eigenvalue weighted by Crippen LogP contribution is -2.45. The summed E-state index contributed by atoms with van der Waals surface area (Å²) in [6.45, 7) is 4.95. The number of aliphatic hydroxyl groups excluding tert-OH is 2. The van der Waals surface area contributed by atoms with Gasteiger partial charge in [-0.05, 0) is 89.9 Å². The van der Waals surface area contributed by atoms with E-state index in [1.807, 2.05) is 6.08 Å². The molecule has 0 radical (unpaired) electrons. The molecule has 6 heteroatoms. The van der Waals surface area contributed by atoms with Crippen molar-refractivity contribution in [2.75, 3.05) is 13.2 Å². The first-order chi connectivity index (χ1) is 46.0. The van der Waals surface area contributed by atoms with Crippen LogP contribution >= 0.6 is 0 Å². The third kappa shape index (κ3) is 78.7. The smallest absolute Gasteiger partial charge is 0.305 e. The van der Waals surface area contributed by atoms with Crippen molar-refractivity contribution in [1.82, 2.24) is 5.32 Å². The summed E-state index contributed by atoms with van der Waals surface area (Å²) >= 11 is 0. The molecule has 0 fully saturated rings. The quantitative estimate of drug-likeness (QED) is 0.0320. The molecular weight excluding hydrogens is 1140 g/mol. The van der Waals surface area contributed by atoms with E-state index in [1.54, 1.807) is 6.08 Å². The molecule has 0 spiro atoms. The van der Waals surface area contributed by atoms with Crippen LogP contribution in [0.5, 0.6) is 0 Å². The molecule has 0 heterocycles. The van der Waals surface area contributed by atoms with E-state index in [0.29, 0.717) is 19.4 Å². The number of allylic oxidation sites excluding steroid dienone is 7. The Labute approximate surface area is 582 Å². The summed E-state index contributed by atoms with van der Waals surface area (Å²) in [5.74, 6) is -0.0447. The zero-order valence-electron chi connectivity index (χ0n) is 63.0. The molecule has 0 aliphatic rings. The monoisotopic (exact) mass is 1300 g/mol. The fourth-order valence-corrected chi connectivity index (χ4v) is 13.4. The number of rotatable bonds is 80. The van der Waals surface area contributed by atoms with E-state index >= 15 is 0 Å². The number of carbonyl (C=O) groups excluding carboxylic acids is 2. The van der Waals surface area contributed by atoms with Crippen LogP contribution in [0.2, 0.25) is 0 Å². The zero-order chi connectivity index (χ0) is 67.0. The summed E-state index contributed by atoms with van der Waals surface area (Å²) in [4.78, 5) is 24.7. The molecule has 0 aromatic rings. The predicted molar refractivity (Wildman–Crippen MR) is 412 cm³/mol. The standard InChI is InChI=1S/C87H165NO5/c1-3-5-7-9-11-13-15-17-19-21-22-23-41-44-48-51-55-59-63-67-71-75-79-85(90)84(83-89)88-86(91)80-76-72-68-64-60-56-52-49-45-42-39-37-35-33-31-29-27-25-24-26-28-30-32-34-36-38-40-43-46-50-54-58-62-66-70-74-78-82-93-87(92)81-77-73-69-65-61-57-53-47-20-18-16-14-12-10-8-6-4-2/h18,20,24,26,30,32,75,79,84-85,89-90H,3-17,19,21-23,25,27-29,31,33-74,76-78,80-83H2,1-2H3,(H,88,91)/b20-18-,26-24-,32-30-,79-75+. The largest absolute Gasteiger partial charge is 0.466 e. The van der Waals surface area contributed by atoms with E-state index in [0.717, 1.165) is 51.4 Å². The molecule has 6 nitrogen and oxygen atoms in total. The number of esters is 1. The molecule has 0 aromatic heterocycles. The van der Waals surface area contributed by atoms with Crippen molar-refractivity contribution in [3.8, 4) is 0 Å². The fourth-order valence-electron chi connectivity index (χ4n) is 13.4. The van der Waals surface area contributed by atoms with Crippen molar-refractivity contribution in [2.45, 2.75) is 482 Å². The highest BCUT2D eigenvalue weighted by Crippen LogP contribution is 2.20. The molecule has 93 heavy (non-hydrogen) atoms. The Morgan fingerprint density at radius 2 is 0.538 bits per heavy atom. The van der Waals surface area contributed by atoms with E-state index in [9.17, 15) is 19.8 Å². The van der Waals surface area contributed by atoms with E-state index in [2.05, 4.69) is 55.6 Å². The van der Waals surface area contributed by atoms with E-state index in [4.69, 9.17) is 4.74 Å². The van der Waals surface area contributed by atoms with Crippen molar-refractivity contribution >= 4 is 11.9 Å². The maximum atomic E-state index is 12.6. The van der Waals surface area contributed by atoms with Gasteiger partial charge in [0.15, 0.2) is 0 Å². The van der Waals surface area contributed by atoms with Gasteiger partial charge in [0.05, 0.1) is 25.4 Å². The Morgan fingerprint density at radius 1 is 0.301 bits per heavy atom.